The highest BCUT2D eigenvalue weighted by Crippen LogP contribution is 2.41. The number of likely N-dealkylation sites (tertiary alicyclic amines) is 1. The number of likely N-dealkylation sites (N-methyl/N-ethyl adjacent to an activating group) is 1. The first-order valence-corrected chi connectivity index (χ1v) is 12.5. The minimum atomic E-state index is 0.0176. The summed E-state index contributed by atoms with van der Waals surface area (Å²) >= 11 is 0. The SMILES string of the molecule is CCC1CNc2ccc(C(=O)NC3CC(c4ccccc4)CN(C)C3)cc2C1C(C)=CC=NC. The predicted octanol–water partition coefficient (Wildman–Crippen LogP) is 5.09. The maximum Gasteiger partial charge on any atom is 0.251 e. The van der Waals surface area contributed by atoms with Crippen molar-refractivity contribution in [2.75, 3.05) is 39.0 Å². The standard InChI is InChI=1S/C29H38N4O/c1-5-21-17-31-27-12-11-23(16-26(27)28(21)20(2)13-14-30-3)29(34)32-25-15-24(18-33(4)19-25)22-9-7-6-8-10-22/h6-14,16,21,24-25,28,31H,5,15,17-19H2,1-4H3,(H,32,34). The third-order valence-corrected chi connectivity index (χ3v) is 7.42. The van der Waals surface area contributed by atoms with Gasteiger partial charge in [0, 0.05) is 56.1 Å². The Hall–Kier alpha value is -2.92. The summed E-state index contributed by atoms with van der Waals surface area (Å²) in [7, 11) is 3.94. The van der Waals surface area contributed by atoms with E-state index in [-0.39, 0.29) is 17.9 Å². The fourth-order valence-corrected chi connectivity index (χ4v) is 5.69. The molecule has 0 aromatic heterocycles. The smallest absolute Gasteiger partial charge is 0.251 e. The van der Waals surface area contributed by atoms with Gasteiger partial charge in [0.05, 0.1) is 0 Å². The molecule has 2 aromatic carbocycles. The number of piperidine rings is 1. The molecule has 2 aliphatic heterocycles. The van der Waals surface area contributed by atoms with Crippen molar-refractivity contribution in [3.8, 4) is 0 Å². The van der Waals surface area contributed by atoms with Gasteiger partial charge in [-0.1, -0.05) is 49.2 Å². The van der Waals surface area contributed by atoms with Gasteiger partial charge < -0.3 is 15.5 Å². The molecule has 34 heavy (non-hydrogen) atoms. The van der Waals surface area contributed by atoms with Crippen LogP contribution in [0.1, 0.15) is 60.0 Å². The highest BCUT2D eigenvalue weighted by Gasteiger charge is 2.31. The number of anilines is 1. The molecule has 5 heteroatoms. The van der Waals surface area contributed by atoms with Gasteiger partial charge in [-0.15, -0.1) is 0 Å². The number of carbonyl (C=O) groups excluding carboxylic acids is 1. The summed E-state index contributed by atoms with van der Waals surface area (Å²) in [5.74, 6) is 1.23. The lowest BCUT2D eigenvalue weighted by Crippen LogP contribution is -2.48. The molecule has 2 heterocycles. The maximum absolute atomic E-state index is 13.4. The summed E-state index contributed by atoms with van der Waals surface area (Å²) < 4.78 is 0. The summed E-state index contributed by atoms with van der Waals surface area (Å²) in [4.78, 5) is 19.8. The van der Waals surface area contributed by atoms with Crippen LogP contribution in [-0.2, 0) is 0 Å². The molecule has 4 unspecified atom stereocenters. The monoisotopic (exact) mass is 458 g/mol. The Balaban J connectivity index is 1.54. The summed E-state index contributed by atoms with van der Waals surface area (Å²) in [5.41, 5.74) is 5.72. The Morgan fingerprint density at radius 2 is 2.00 bits per heavy atom. The highest BCUT2D eigenvalue weighted by molar-refractivity contribution is 5.95. The average molecular weight is 459 g/mol. The van der Waals surface area contributed by atoms with Crippen LogP contribution in [0.5, 0.6) is 0 Å². The van der Waals surface area contributed by atoms with Gasteiger partial charge in [0.2, 0.25) is 0 Å². The van der Waals surface area contributed by atoms with Gasteiger partial charge in [0.1, 0.15) is 0 Å². The maximum atomic E-state index is 13.4. The van der Waals surface area contributed by atoms with Crippen molar-refractivity contribution in [3.05, 3.63) is 76.9 Å². The van der Waals surface area contributed by atoms with Crippen molar-refractivity contribution < 1.29 is 4.79 Å². The van der Waals surface area contributed by atoms with E-state index in [1.807, 2.05) is 12.3 Å². The van der Waals surface area contributed by atoms with Gasteiger partial charge >= 0.3 is 0 Å². The molecule has 2 aromatic rings. The number of aliphatic imine (C=N–C) groups is 1. The van der Waals surface area contributed by atoms with Crippen LogP contribution >= 0.6 is 0 Å². The van der Waals surface area contributed by atoms with Crippen molar-refractivity contribution in [2.45, 2.75) is 44.6 Å². The quantitative estimate of drug-likeness (QED) is 0.593. The lowest BCUT2D eigenvalue weighted by molar-refractivity contribution is 0.0905. The largest absolute Gasteiger partial charge is 0.384 e. The van der Waals surface area contributed by atoms with Crippen molar-refractivity contribution in [3.63, 3.8) is 0 Å². The highest BCUT2D eigenvalue weighted by atomic mass is 16.1. The van der Waals surface area contributed by atoms with Gasteiger partial charge in [0.15, 0.2) is 0 Å². The number of nitrogens with zero attached hydrogens (tertiary/aromatic N) is 2. The number of hydrogen-bond acceptors (Lipinski definition) is 4. The topological polar surface area (TPSA) is 56.7 Å². The Morgan fingerprint density at radius 3 is 2.74 bits per heavy atom. The van der Waals surface area contributed by atoms with E-state index in [9.17, 15) is 4.79 Å². The molecule has 0 spiro atoms. The summed E-state index contributed by atoms with van der Waals surface area (Å²) in [6.07, 6.45) is 6.02. The van der Waals surface area contributed by atoms with E-state index < -0.39 is 0 Å². The van der Waals surface area contributed by atoms with E-state index in [1.54, 1.807) is 7.05 Å². The second-order valence-corrected chi connectivity index (χ2v) is 9.88. The number of carbonyl (C=O) groups is 1. The van der Waals surface area contributed by atoms with E-state index in [1.165, 1.54) is 16.7 Å². The number of benzene rings is 2. The molecule has 4 atom stereocenters. The first-order valence-electron chi connectivity index (χ1n) is 12.5. The van der Waals surface area contributed by atoms with Gasteiger partial charge in [-0.2, -0.15) is 0 Å². The minimum absolute atomic E-state index is 0.0176. The second-order valence-electron chi connectivity index (χ2n) is 9.88. The zero-order valence-corrected chi connectivity index (χ0v) is 20.9. The third kappa shape index (κ3) is 5.41. The Bertz CT molecular complexity index is 1050. The summed E-state index contributed by atoms with van der Waals surface area (Å²) in [6.45, 7) is 7.26. The fourth-order valence-electron chi connectivity index (χ4n) is 5.69. The van der Waals surface area contributed by atoms with E-state index in [0.29, 0.717) is 11.8 Å². The number of nitrogens with one attached hydrogen (secondary N) is 2. The molecule has 0 aliphatic carbocycles. The molecule has 5 nitrogen and oxygen atoms in total. The molecule has 0 radical (unpaired) electrons. The molecule has 4 rings (SSSR count). The van der Waals surface area contributed by atoms with Crippen LogP contribution in [0.2, 0.25) is 0 Å². The van der Waals surface area contributed by atoms with E-state index >= 15 is 0 Å². The van der Waals surface area contributed by atoms with E-state index in [4.69, 9.17) is 0 Å². The van der Waals surface area contributed by atoms with Crippen LogP contribution in [0.15, 0.2) is 65.2 Å². The van der Waals surface area contributed by atoms with Gasteiger partial charge in [-0.05, 0) is 67.6 Å². The number of amides is 1. The van der Waals surface area contributed by atoms with Crippen molar-refractivity contribution in [1.82, 2.24) is 10.2 Å². The lowest BCUT2D eigenvalue weighted by atomic mass is 9.76. The van der Waals surface area contributed by atoms with Gasteiger partial charge in [-0.25, -0.2) is 0 Å². The van der Waals surface area contributed by atoms with E-state index in [0.717, 1.165) is 43.7 Å². The lowest BCUT2D eigenvalue weighted by Gasteiger charge is -2.37. The summed E-state index contributed by atoms with van der Waals surface area (Å²) in [6, 6.07) is 16.9. The third-order valence-electron chi connectivity index (χ3n) is 7.42. The number of fused-ring (bicyclic) bond motifs is 1. The number of rotatable bonds is 6. The van der Waals surface area contributed by atoms with Crippen LogP contribution in [0.25, 0.3) is 0 Å². The van der Waals surface area contributed by atoms with Gasteiger partial charge in [0.25, 0.3) is 5.91 Å². The molecular formula is C29H38N4O. The van der Waals surface area contributed by atoms with Crippen molar-refractivity contribution in [1.29, 1.82) is 0 Å². The zero-order chi connectivity index (χ0) is 24.1. The molecule has 2 aliphatic rings. The molecule has 2 N–H and O–H groups in total. The normalized spacial score (nSPS) is 25.6. The fraction of sp³-hybridized carbons (Fsp3) is 0.448. The Labute approximate surface area is 204 Å². The summed E-state index contributed by atoms with van der Waals surface area (Å²) in [5, 5.41) is 6.92. The number of allylic oxidation sites excluding steroid dienone is 2. The van der Waals surface area contributed by atoms with Crippen molar-refractivity contribution in [2.24, 2.45) is 10.9 Å². The Morgan fingerprint density at radius 1 is 1.21 bits per heavy atom. The molecule has 0 bridgehead atoms. The van der Waals surface area contributed by atoms with Crippen LogP contribution in [0.4, 0.5) is 5.69 Å². The van der Waals surface area contributed by atoms with Gasteiger partial charge in [-0.3, -0.25) is 9.79 Å². The van der Waals surface area contributed by atoms with E-state index in [2.05, 4.69) is 90.0 Å². The minimum Gasteiger partial charge on any atom is -0.384 e. The Kier molecular flexibility index (Phi) is 7.84. The molecule has 1 fully saturated rings. The van der Waals surface area contributed by atoms with Crippen LogP contribution in [0.3, 0.4) is 0 Å². The molecule has 1 amide bonds. The first-order chi connectivity index (χ1) is 16.5. The van der Waals surface area contributed by atoms with Crippen molar-refractivity contribution >= 4 is 17.8 Å². The number of hydrogen-bond donors (Lipinski definition) is 2. The predicted molar refractivity (Wildman–Crippen MR) is 142 cm³/mol. The first kappa shape index (κ1) is 24.2. The molecule has 180 valence electrons. The molecule has 1 saturated heterocycles. The average Bonchev–Trinajstić information content (AvgIpc) is 2.86. The molecule has 0 saturated carbocycles. The molecular weight excluding hydrogens is 420 g/mol. The van der Waals surface area contributed by atoms with Crippen LogP contribution in [-0.4, -0.2) is 56.8 Å². The van der Waals surface area contributed by atoms with Crippen LogP contribution in [0, 0.1) is 5.92 Å². The second kappa shape index (κ2) is 11.0. The van der Waals surface area contributed by atoms with Crippen LogP contribution < -0.4 is 10.6 Å². The zero-order valence-electron chi connectivity index (χ0n) is 20.9.